The van der Waals surface area contributed by atoms with Crippen molar-refractivity contribution in [1.82, 2.24) is 38.7 Å². The molecule has 4 aromatic heterocycles. The Kier molecular flexibility index (Phi) is 15.9. The second-order valence-corrected chi connectivity index (χ2v) is 11.9. The van der Waals surface area contributed by atoms with E-state index in [4.69, 9.17) is 11.5 Å². The average molecular weight is 776 g/mol. The van der Waals surface area contributed by atoms with E-state index in [2.05, 4.69) is 31.0 Å². The van der Waals surface area contributed by atoms with E-state index >= 15 is 0 Å². The van der Waals surface area contributed by atoms with E-state index in [-0.39, 0.29) is 52.8 Å². The third-order valence-electron chi connectivity index (χ3n) is 8.46. The molecule has 19 heteroatoms. The Morgan fingerprint density at radius 1 is 0.604 bits per heavy atom. The molecule has 17 nitrogen and oxygen atoms in total. The second-order valence-electron chi connectivity index (χ2n) is 11.9. The van der Waals surface area contributed by atoms with Gasteiger partial charge < -0.3 is 27.6 Å². The van der Waals surface area contributed by atoms with E-state index in [9.17, 15) is 19.2 Å². The highest BCUT2D eigenvalue weighted by atomic mass is 35.5. The molecule has 0 fully saturated rings. The molecule has 0 aliphatic heterocycles. The van der Waals surface area contributed by atoms with E-state index in [1.54, 1.807) is 38.4 Å². The summed E-state index contributed by atoms with van der Waals surface area (Å²) in [6.45, 7) is 5.45. The summed E-state index contributed by atoms with van der Waals surface area (Å²) in [6, 6.07) is 14.6. The number of anilines is 4. The molecule has 0 radical (unpaired) electrons. The monoisotopic (exact) mass is 774 g/mol. The van der Waals surface area contributed by atoms with Gasteiger partial charge in [0, 0.05) is 38.6 Å². The van der Waals surface area contributed by atoms with Gasteiger partial charge in [-0.25, -0.2) is 9.59 Å². The first-order chi connectivity index (χ1) is 24.1. The molecule has 0 atom stereocenters. The van der Waals surface area contributed by atoms with Gasteiger partial charge in [0.15, 0.2) is 11.3 Å². The number of nitrogens with two attached hydrogens (primary N) is 2. The van der Waals surface area contributed by atoms with Crippen molar-refractivity contribution in [3.05, 3.63) is 101 Å². The van der Waals surface area contributed by atoms with Crippen LogP contribution in [-0.2, 0) is 26.2 Å². The van der Waals surface area contributed by atoms with Crippen LogP contribution in [0.1, 0.15) is 50.7 Å². The summed E-state index contributed by atoms with van der Waals surface area (Å²) in [6.07, 6.45) is 3.31. The molecule has 0 aliphatic carbocycles. The van der Waals surface area contributed by atoms with Crippen molar-refractivity contribution in [3.63, 3.8) is 0 Å². The van der Waals surface area contributed by atoms with Gasteiger partial charge >= 0.3 is 11.4 Å². The summed E-state index contributed by atoms with van der Waals surface area (Å²) in [4.78, 5) is 51.4. The maximum absolute atomic E-state index is 12.9. The Hall–Kier alpha value is -5.52. The third-order valence-corrected chi connectivity index (χ3v) is 8.46. The van der Waals surface area contributed by atoms with Gasteiger partial charge in [-0.2, -0.15) is 10.2 Å². The van der Waals surface area contributed by atoms with Crippen molar-refractivity contribution < 1.29 is 5.48 Å². The summed E-state index contributed by atoms with van der Waals surface area (Å²) >= 11 is 0. The standard InChI is InChI=1S/2C17H22N6O2.2ClH.H2O/c2*1-3-4-9-22-16(24)13-14(19-2)20-21-15(13)23(17(22)25)10-11-5-7-12(18)8-6-11;;;/h2*5-8H,3-4,9-10,18H2,1-2H3,(H2,19,20,21);2*1H;1H2. The number of hydrogen-bond donors (Lipinski definition) is 6. The van der Waals surface area contributed by atoms with Gasteiger partial charge in [-0.1, -0.05) is 51.0 Å². The topological polar surface area (TPSA) is 253 Å². The first-order valence-electron chi connectivity index (χ1n) is 16.6. The molecule has 0 aliphatic rings. The molecule has 2 aromatic carbocycles. The van der Waals surface area contributed by atoms with Crippen LogP contribution in [0.25, 0.3) is 22.1 Å². The van der Waals surface area contributed by atoms with E-state index in [1.165, 1.54) is 18.3 Å². The number of nitrogens with one attached hydrogen (secondary N) is 4. The van der Waals surface area contributed by atoms with Gasteiger partial charge in [0.05, 0.1) is 13.1 Å². The van der Waals surface area contributed by atoms with Crippen LogP contribution in [-0.4, -0.2) is 58.2 Å². The van der Waals surface area contributed by atoms with Crippen LogP contribution < -0.4 is 44.6 Å². The lowest BCUT2D eigenvalue weighted by Gasteiger charge is -2.11. The number of halogens is 2. The fourth-order valence-corrected chi connectivity index (χ4v) is 5.66. The molecule has 10 N–H and O–H groups in total. The van der Waals surface area contributed by atoms with Crippen molar-refractivity contribution in [2.45, 2.75) is 65.7 Å². The van der Waals surface area contributed by atoms with Gasteiger partial charge in [0.25, 0.3) is 11.1 Å². The molecule has 0 saturated carbocycles. The molecule has 6 rings (SSSR count). The lowest BCUT2D eigenvalue weighted by Crippen LogP contribution is -2.40. The SMILES string of the molecule is CCCCn1c(=O)c2c(NC)[nH]nc2n(Cc2ccc(N)cc2)c1=O.CCCCn1c(=O)c2c(NC)[nH]nc2n(Cc2ccc(N)cc2)c1=O.Cl.Cl.O. The Morgan fingerprint density at radius 2 is 0.943 bits per heavy atom. The molecule has 0 amide bonds. The Balaban J connectivity index is 0.000000347. The van der Waals surface area contributed by atoms with Crippen molar-refractivity contribution in [2.24, 2.45) is 0 Å². The minimum absolute atomic E-state index is 0. The first-order valence-corrected chi connectivity index (χ1v) is 16.6. The van der Waals surface area contributed by atoms with Gasteiger partial charge in [0.1, 0.15) is 22.4 Å². The predicted octanol–water partition coefficient (Wildman–Crippen LogP) is 2.74. The lowest BCUT2D eigenvalue weighted by atomic mass is 10.2. The summed E-state index contributed by atoms with van der Waals surface area (Å²) < 4.78 is 5.63. The fraction of sp³-hybridized carbons (Fsp3) is 0.353. The number of hydrogen-bond acceptors (Lipinski definition) is 10. The summed E-state index contributed by atoms with van der Waals surface area (Å²) in [5, 5.41) is 20.6. The molecular formula is C34H48Cl2N12O5. The highest BCUT2D eigenvalue weighted by Crippen LogP contribution is 2.18. The minimum atomic E-state index is -0.350. The third kappa shape index (κ3) is 9.11. The summed E-state index contributed by atoms with van der Waals surface area (Å²) in [5.41, 5.74) is 13.9. The zero-order chi connectivity index (χ0) is 35.9. The molecule has 4 heterocycles. The van der Waals surface area contributed by atoms with Crippen LogP contribution in [0.2, 0.25) is 0 Å². The van der Waals surface area contributed by atoms with Crippen LogP contribution in [0.15, 0.2) is 67.7 Å². The number of benzene rings is 2. The van der Waals surface area contributed by atoms with Crippen LogP contribution in [0.3, 0.4) is 0 Å². The van der Waals surface area contributed by atoms with Crippen LogP contribution in [0.5, 0.6) is 0 Å². The molecule has 0 spiro atoms. The second kappa shape index (κ2) is 19.4. The Morgan fingerprint density at radius 3 is 1.25 bits per heavy atom. The maximum Gasteiger partial charge on any atom is 0.333 e. The Labute approximate surface area is 316 Å². The number of rotatable bonds is 12. The van der Waals surface area contributed by atoms with Crippen molar-refractivity contribution in [1.29, 1.82) is 0 Å². The normalized spacial score (nSPS) is 10.5. The largest absolute Gasteiger partial charge is 0.412 e. The van der Waals surface area contributed by atoms with Gasteiger partial charge in [0.2, 0.25) is 0 Å². The molecule has 0 saturated heterocycles. The van der Waals surface area contributed by atoms with Gasteiger partial charge in [-0.05, 0) is 48.2 Å². The molecule has 53 heavy (non-hydrogen) atoms. The number of aromatic nitrogens is 8. The molecule has 288 valence electrons. The highest BCUT2D eigenvalue weighted by molar-refractivity contribution is 5.87. The number of nitrogen functional groups attached to an aromatic ring is 2. The Bertz CT molecular complexity index is 2180. The average Bonchev–Trinajstić information content (AvgIpc) is 3.75. The number of fused-ring (bicyclic) bond motifs is 2. The van der Waals surface area contributed by atoms with Gasteiger partial charge in [-0.3, -0.25) is 38.1 Å². The number of nitrogens with zero attached hydrogens (tertiary/aromatic N) is 6. The van der Waals surface area contributed by atoms with E-state index in [0.717, 1.165) is 36.8 Å². The van der Waals surface area contributed by atoms with Crippen molar-refractivity contribution in [2.75, 3.05) is 36.2 Å². The highest BCUT2D eigenvalue weighted by Gasteiger charge is 2.20. The zero-order valence-corrected chi connectivity index (χ0v) is 31.7. The summed E-state index contributed by atoms with van der Waals surface area (Å²) in [7, 11) is 3.41. The van der Waals surface area contributed by atoms with Crippen LogP contribution in [0.4, 0.5) is 23.0 Å². The molecule has 0 bridgehead atoms. The fourth-order valence-electron chi connectivity index (χ4n) is 5.66. The number of unbranched alkanes of at least 4 members (excludes halogenated alkanes) is 2. The van der Waals surface area contributed by atoms with Crippen LogP contribution >= 0.6 is 24.8 Å². The van der Waals surface area contributed by atoms with E-state index in [1.807, 2.05) is 38.1 Å². The van der Waals surface area contributed by atoms with E-state index < -0.39 is 0 Å². The van der Waals surface area contributed by atoms with Crippen LogP contribution in [0, 0.1) is 0 Å². The first kappa shape index (κ1) is 43.6. The minimum Gasteiger partial charge on any atom is -0.412 e. The van der Waals surface area contributed by atoms with Crippen molar-refractivity contribution in [3.8, 4) is 0 Å². The van der Waals surface area contributed by atoms with E-state index in [0.29, 0.717) is 71.3 Å². The predicted molar refractivity (Wildman–Crippen MR) is 216 cm³/mol. The zero-order valence-electron chi connectivity index (χ0n) is 30.1. The lowest BCUT2D eigenvalue weighted by molar-refractivity contribution is 0.557. The van der Waals surface area contributed by atoms with Crippen molar-refractivity contribution >= 4 is 69.9 Å². The quantitative estimate of drug-likeness (QED) is 0.0992. The smallest absolute Gasteiger partial charge is 0.333 e. The molecular weight excluding hydrogens is 727 g/mol. The number of aromatic amines is 2. The maximum atomic E-state index is 12.9. The van der Waals surface area contributed by atoms with Gasteiger partial charge in [-0.15, -0.1) is 24.8 Å². The molecule has 0 unspecified atom stereocenters. The molecule has 6 aromatic rings. The summed E-state index contributed by atoms with van der Waals surface area (Å²) in [5.74, 6) is 1.02. The number of H-pyrrole nitrogens is 2.